The summed E-state index contributed by atoms with van der Waals surface area (Å²) >= 11 is 0. The average Bonchev–Trinajstić information content (AvgIpc) is 2.11. The first-order chi connectivity index (χ1) is 5.32. The van der Waals surface area contributed by atoms with Gasteiger partial charge in [0, 0.05) is 5.54 Å². The van der Waals surface area contributed by atoms with Crippen LogP contribution in [-0.4, -0.2) is 16.1 Å². The second-order valence-corrected chi connectivity index (χ2v) is 4.81. The standard InChI is InChI=1S/C10H18NO/c1-6-8-7-9(2,3)11(12)10(8,4)5/h6,8H,1,7H2,2-5H3. The maximum Gasteiger partial charge on any atom is 0.0506 e. The van der Waals surface area contributed by atoms with Crippen LogP contribution in [0.15, 0.2) is 12.7 Å². The zero-order valence-electron chi connectivity index (χ0n) is 8.42. The van der Waals surface area contributed by atoms with Gasteiger partial charge in [-0.05, 0) is 40.0 Å². The van der Waals surface area contributed by atoms with Crippen LogP contribution >= 0.6 is 0 Å². The molecule has 1 radical (unpaired) electrons. The van der Waals surface area contributed by atoms with Gasteiger partial charge in [-0.1, -0.05) is 6.08 Å². The molecule has 0 aromatic heterocycles. The molecule has 1 rings (SSSR count). The zero-order valence-corrected chi connectivity index (χ0v) is 8.42. The monoisotopic (exact) mass is 168 g/mol. The first-order valence-corrected chi connectivity index (χ1v) is 4.42. The number of rotatable bonds is 1. The van der Waals surface area contributed by atoms with Crippen LogP contribution in [0.5, 0.6) is 0 Å². The third-order valence-corrected chi connectivity index (χ3v) is 2.98. The Morgan fingerprint density at radius 3 is 2.08 bits per heavy atom. The molecule has 1 atom stereocenters. The predicted molar refractivity (Wildman–Crippen MR) is 49.0 cm³/mol. The minimum Gasteiger partial charge on any atom is -0.143 e. The lowest BCUT2D eigenvalue weighted by molar-refractivity contribution is -0.246. The van der Waals surface area contributed by atoms with E-state index in [1.165, 1.54) is 5.06 Å². The number of nitrogens with zero attached hydrogens (tertiary/aromatic N) is 1. The van der Waals surface area contributed by atoms with E-state index in [0.717, 1.165) is 6.42 Å². The van der Waals surface area contributed by atoms with E-state index in [0.29, 0.717) is 5.92 Å². The molecule has 1 aliphatic rings. The Morgan fingerprint density at radius 1 is 1.42 bits per heavy atom. The van der Waals surface area contributed by atoms with Gasteiger partial charge in [-0.15, -0.1) is 16.8 Å². The predicted octanol–water partition coefficient (Wildman–Crippen LogP) is 2.40. The van der Waals surface area contributed by atoms with Crippen LogP contribution in [0, 0.1) is 5.92 Å². The Bertz CT molecular complexity index is 196. The highest BCUT2D eigenvalue weighted by atomic mass is 16.5. The van der Waals surface area contributed by atoms with Crippen LogP contribution in [0.25, 0.3) is 0 Å². The Kier molecular flexibility index (Phi) is 2.09. The third-order valence-electron chi connectivity index (χ3n) is 2.98. The number of hydroxylamine groups is 2. The quantitative estimate of drug-likeness (QED) is 0.551. The number of hydrogen-bond donors (Lipinski definition) is 0. The second-order valence-electron chi connectivity index (χ2n) is 4.81. The molecule has 0 aromatic carbocycles. The molecule has 1 fully saturated rings. The van der Waals surface area contributed by atoms with Crippen LogP contribution in [0.1, 0.15) is 34.1 Å². The molecule has 0 amide bonds. The molecule has 0 aromatic rings. The molecular weight excluding hydrogens is 150 g/mol. The summed E-state index contributed by atoms with van der Waals surface area (Å²) in [5, 5.41) is 13.0. The summed E-state index contributed by atoms with van der Waals surface area (Å²) in [6.45, 7) is 11.7. The fourth-order valence-electron chi connectivity index (χ4n) is 2.17. The van der Waals surface area contributed by atoms with Gasteiger partial charge in [-0.25, -0.2) is 0 Å². The fourth-order valence-corrected chi connectivity index (χ4v) is 2.17. The van der Waals surface area contributed by atoms with Gasteiger partial charge >= 0.3 is 0 Å². The van der Waals surface area contributed by atoms with Crippen molar-refractivity contribution in [2.24, 2.45) is 5.92 Å². The van der Waals surface area contributed by atoms with E-state index in [1.54, 1.807) is 0 Å². The minimum atomic E-state index is -0.286. The van der Waals surface area contributed by atoms with Gasteiger partial charge in [0.15, 0.2) is 0 Å². The summed E-state index contributed by atoms with van der Waals surface area (Å²) in [4.78, 5) is 0. The van der Waals surface area contributed by atoms with E-state index in [-0.39, 0.29) is 11.1 Å². The summed E-state index contributed by atoms with van der Waals surface area (Å²) in [5.41, 5.74) is -0.520. The van der Waals surface area contributed by atoms with Gasteiger partial charge in [0.25, 0.3) is 0 Å². The molecule has 0 N–H and O–H groups in total. The molecule has 2 heteroatoms. The molecule has 1 saturated heterocycles. The lowest BCUT2D eigenvalue weighted by atomic mass is 9.87. The van der Waals surface area contributed by atoms with E-state index in [9.17, 15) is 5.21 Å². The van der Waals surface area contributed by atoms with Gasteiger partial charge in [0.1, 0.15) is 0 Å². The van der Waals surface area contributed by atoms with Crippen molar-refractivity contribution in [3.63, 3.8) is 0 Å². The van der Waals surface area contributed by atoms with E-state index >= 15 is 0 Å². The molecule has 0 saturated carbocycles. The molecule has 1 unspecified atom stereocenters. The molecule has 2 nitrogen and oxygen atoms in total. The smallest absolute Gasteiger partial charge is 0.0506 e. The highest BCUT2D eigenvalue weighted by Gasteiger charge is 2.50. The first-order valence-electron chi connectivity index (χ1n) is 4.42. The van der Waals surface area contributed by atoms with Gasteiger partial charge in [0.05, 0.1) is 5.54 Å². The molecular formula is C10H18NO. The van der Waals surface area contributed by atoms with Crippen LogP contribution in [0.4, 0.5) is 0 Å². The molecule has 1 aliphatic heterocycles. The van der Waals surface area contributed by atoms with Crippen molar-refractivity contribution >= 4 is 0 Å². The first kappa shape index (κ1) is 9.75. The molecule has 1 heterocycles. The van der Waals surface area contributed by atoms with E-state index < -0.39 is 0 Å². The second kappa shape index (κ2) is 2.57. The van der Waals surface area contributed by atoms with Crippen molar-refractivity contribution in [1.29, 1.82) is 0 Å². The lowest BCUT2D eigenvalue weighted by Crippen LogP contribution is -2.45. The SMILES string of the molecule is C=CC1CC(C)(C)N([O])C1(C)C. The Morgan fingerprint density at radius 2 is 1.92 bits per heavy atom. The molecule has 12 heavy (non-hydrogen) atoms. The molecule has 0 aliphatic carbocycles. The van der Waals surface area contributed by atoms with Crippen molar-refractivity contribution in [3.8, 4) is 0 Å². The largest absolute Gasteiger partial charge is 0.143 e. The molecule has 0 spiro atoms. The summed E-state index contributed by atoms with van der Waals surface area (Å²) in [6.07, 6.45) is 2.81. The lowest BCUT2D eigenvalue weighted by Gasteiger charge is -2.32. The Hall–Kier alpha value is -0.340. The minimum absolute atomic E-state index is 0.234. The highest BCUT2D eigenvalue weighted by molar-refractivity contribution is 5.07. The van der Waals surface area contributed by atoms with Crippen molar-refractivity contribution in [3.05, 3.63) is 12.7 Å². The van der Waals surface area contributed by atoms with Crippen LogP contribution in [0.2, 0.25) is 0 Å². The van der Waals surface area contributed by atoms with Crippen molar-refractivity contribution in [1.82, 2.24) is 5.06 Å². The summed E-state index contributed by atoms with van der Waals surface area (Å²) in [5.74, 6) is 0.310. The Balaban J connectivity index is 2.95. The Labute approximate surface area is 74.8 Å². The average molecular weight is 168 g/mol. The van der Waals surface area contributed by atoms with Crippen molar-refractivity contribution in [2.75, 3.05) is 0 Å². The van der Waals surface area contributed by atoms with E-state index in [1.807, 2.05) is 33.8 Å². The van der Waals surface area contributed by atoms with Crippen molar-refractivity contribution in [2.45, 2.75) is 45.2 Å². The maximum atomic E-state index is 11.8. The maximum absolute atomic E-state index is 11.8. The zero-order chi connectivity index (χ0) is 9.57. The van der Waals surface area contributed by atoms with E-state index in [4.69, 9.17) is 0 Å². The normalized spacial score (nSPS) is 33.6. The van der Waals surface area contributed by atoms with Gasteiger partial charge in [0.2, 0.25) is 0 Å². The van der Waals surface area contributed by atoms with Crippen LogP contribution < -0.4 is 0 Å². The highest BCUT2D eigenvalue weighted by Crippen LogP contribution is 2.43. The number of hydrogen-bond acceptors (Lipinski definition) is 1. The molecule has 0 bridgehead atoms. The summed E-state index contributed by atoms with van der Waals surface area (Å²) < 4.78 is 0. The van der Waals surface area contributed by atoms with Crippen molar-refractivity contribution < 1.29 is 5.21 Å². The van der Waals surface area contributed by atoms with Gasteiger partial charge in [-0.2, -0.15) is 0 Å². The topological polar surface area (TPSA) is 23.1 Å². The van der Waals surface area contributed by atoms with Crippen LogP contribution in [0.3, 0.4) is 0 Å². The van der Waals surface area contributed by atoms with Gasteiger partial charge < -0.3 is 0 Å². The summed E-state index contributed by atoms with van der Waals surface area (Å²) in [7, 11) is 0. The third kappa shape index (κ3) is 1.19. The van der Waals surface area contributed by atoms with Crippen LogP contribution in [-0.2, 0) is 5.21 Å². The van der Waals surface area contributed by atoms with Gasteiger partial charge in [-0.3, -0.25) is 0 Å². The molecule has 69 valence electrons. The summed E-state index contributed by atoms with van der Waals surface area (Å²) in [6, 6.07) is 0. The fraction of sp³-hybridized carbons (Fsp3) is 0.800. The van der Waals surface area contributed by atoms with E-state index in [2.05, 4.69) is 6.58 Å².